The van der Waals surface area contributed by atoms with Crippen LogP contribution < -0.4 is 10.6 Å². The molecular formula is C17H23N3O2S. The average molecular weight is 333 g/mol. The number of nitrogens with zero attached hydrogens (tertiary/aromatic N) is 1. The average Bonchev–Trinajstić information content (AvgIpc) is 3.01. The van der Waals surface area contributed by atoms with Gasteiger partial charge in [0.2, 0.25) is 11.8 Å². The van der Waals surface area contributed by atoms with Crippen molar-refractivity contribution >= 4 is 23.6 Å². The predicted molar refractivity (Wildman–Crippen MR) is 92.1 cm³/mol. The highest BCUT2D eigenvalue weighted by molar-refractivity contribution is 7.99. The molecule has 6 heteroatoms. The summed E-state index contributed by atoms with van der Waals surface area (Å²) in [5.74, 6) is 2.09. The summed E-state index contributed by atoms with van der Waals surface area (Å²) in [5.41, 5.74) is 1.30. The molecule has 2 amide bonds. The first-order chi connectivity index (χ1) is 11.2. The van der Waals surface area contributed by atoms with Crippen molar-refractivity contribution in [2.45, 2.75) is 31.5 Å². The molecule has 2 aliphatic heterocycles. The number of carbonyl (C=O) groups excluding carboxylic acids is 2. The fourth-order valence-electron chi connectivity index (χ4n) is 3.06. The molecule has 124 valence electrons. The predicted octanol–water partition coefficient (Wildman–Crippen LogP) is 0.999. The van der Waals surface area contributed by atoms with Gasteiger partial charge < -0.3 is 10.6 Å². The van der Waals surface area contributed by atoms with Crippen molar-refractivity contribution < 1.29 is 9.59 Å². The highest BCUT2D eigenvalue weighted by Crippen LogP contribution is 2.19. The normalized spacial score (nSPS) is 25.1. The van der Waals surface area contributed by atoms with Crippen LogP contribution in [-0.2, 0) is 16.1 Å². The SMILES string of the molecule is O=C1CC[C@H](C(=O)NC[C@@H]2CSCCN2Cc2ccccc2)N1. The molecule has 2 atom stereocenters. The Morgan fingerprint density at radius 1 is 1.35 bits per heavy atom. The standard InChI is InChI=1S/C17H23N3O2S/c21-16-7-6-15(19-16)17(22)18-10-14-12-23-9-8-20(14)11-13-4-2-1-3-5-13/h1-5,14-15H,6-12H2,(H,18,22)(H,19,21)/t14-,15-/m1/s1. The van der Waals surface area contributed by atoms with Crippen LogP contribution in [0.4, 0.5) is 0 Å². The number of hydrogen-bond acceptors (Lipinski definition) is 4. The van der Waals surface area contributed by atoms with Crippen molar-refractivity contribution in [1.82, 2.24) is 15.5 Å². The molecule has 0 aliphatic carbocycles. The van der Waals surface area contributed by atoms with E-state index in [-0.39, 0.29) is 17.9 Å². The van der Waals surface area contributed by atoms with E-state index in [1.807, 2.05) is 17.8 Å². The third kappa shape index (κ3) is 4.48. The van der Waals surface area contributed by atoms with E-state index in [0.717, 1.165) is 24.6 Å². The minimum Gasteiger partial charge on any atom is -0.353 e. The van der Waals surface area contributed by atoms with Crippen molar-refractivity contribution in [2.24, 2.45) is 0 Å². The Kier molecular flexibility index (Phi) is 5.56. The van der Waals surface area contributed by atoms with Gasteiger partial charge in [-0.3, -0.25) is 14.5 Å². The van der Waals surface area contributed by atoms with E-state index >= 15 is 0 Å². The lowest BCUT2D eigenvalue weighted by atomic mass is 10.1. The van der Waals surface area contributed by atoms with Gasteiger partial charge in [0.05, 0.1) is 0 Å². The van der Waals surface area contributed by atoms with Crippen LogP contribution in [0.5, 0.6) is 0 Å². The van der Waals surface area contributed by atoms with Crippen molar-refractivity contribution in [3.8, 4) is 0 Å². The van der Waals surface area contributed by atoms with Crippen molar-refractivity contribution in [3.05, 3.63) is 35.9 Å². The zero-order valence-corrected chi connectivity index (χ0v) is 14.0. The maximum absolute atomic E-state index is 12.1. The minimum atomic E-state index is -0.346. The van der Waals surface area contributed by atoms with Gasteiger partial charge in [0.15, 0.2) is 0 Å². The van der Waals surface area contributed by atoms with E-state index < -0.39 is 0 Å². The molecule has 3 rings (SSSR count). The van der Waals surface area contributed by atoms with Crippen molar-refractivity contribution in [2.75, 3.05) is 24.6 Å². The molecular weight excluding hydrogens is 310 g/mol. The fourth-order valence-corrected chi connectivity index (χ4v) is 4.19. The zero-order chi connectivity index (χ0) is 16.1. The number of benzene rings is 1. The Balaban J connectivity index is 1.52. The quantitative estimate of drug-likeness (QED) is 0.844. The fraction of sp³-hybridized carbons (Fsp3) is 0.529. The summed E-state index contributed by atoms with van der Waals surface area (Å²) in [6.07, 6.45) is 1.06. The Bertz CT molecular complexity index is 552. The van der Waals surface area contributed by atoms with Gasteiger partial charge >= 0.3 is 0 Å². The van der Waals surface area contributed by atoms with Gasteiger partial charge in [0.25, 0.3) is 0 Å². The van der Waals surface area contributed by atoms with Crippen molar-refractivity contribution in [1.29, 1.82) is 0 Å². The van der Waals surface area contributed by atoms with Gasteiger partial charge in [-0.05, 0) is 12.0 Å². The van der Waals surface area contributed by atoms with Crippen LogP contribution in [0.15, 0.2) is 30.3 Å². The third-order valence-electron chi connectivity index (χ3n) is 4.40. The second-order valence-electron chi connectivity index (χ2n) is 6.09. The molecule has 1 aromatic rings. The van der Waals surface area contributed by atoms with Crippen LogP contribution >= 0.6 is 11.8 Å². The van der Waals surface area contributed by atoms with Gasteiger partial charge in [-0.15, -0.1) is 0 Å². The minimum absolute atomic E-state index is 0.0240. The molecule has 2 heterocycles. The molecule has 0 saturated carbocycles. The maximum Gasteiger partial charge on any atom is 0.242 e. The van der Waals surface area contributed by atoms with Crippen LogP contribution in [0.3, 0.4) is 0 Å². The molecule has 0 bridgehead atoms. The molecule has 2 saturated heterocycles. The molecule has 1 aromatic carbocycles. The molecule has 0 spiro atoms. The number of thioether (sulfide) groups is 1. The molecule has 2 aliphatic rings. The van der Waals surface area contributed by atoms with Gasteiger partial charge in [0.1, 0.15) is 6.04 Å². The second-order valence-corrected chi connectivity index (χ2v) is 7.24. The Morgan fingerprint density at radius 2 is 2.17 bits per heavy atom. The van der Waals surface area contributed by atoms with Gasteiger partial charge in [-0.25, -0.2) is 0 Å². The van der Waals surface area contributed by atoms with Gasteiger partial charge in [-0.2, -0.15) is 11.8 Å². The van der Waals surface area contributed by atoms with Gasteiger partial charge in [-0.1, -0.05) is 30.3 Å². The van der Waals surface area contributed by atoms with E-state index in [9.17, 15) is 9.59 Å². The first-order valence-corrected chi connectivity index (χ1v) is 9.30. The summed E-state index contributed by atoms with van der Waals surface area (Å²) >= 11 is 1.94. The monoisotopic (exact) mass is 333 g/mol. The van der Waals surface area contributed by atoms with E-state index in [1.165, 1.54) is 5.56 Å². The topological polar surface area (TPSA) is 61.4 Å². The summed E-state index contributed by atoms with van der Waals surface area (Å²) in [6, 6.07) is 10.4. The number of amides is 2. The summed E-state index contributed by atoms with van der Waals surface area (Å²) < 4.78 is 0. The zero-order valence-electron chi connectivity index (χ0n) is 13.2. The first-order valence-electron chi connectivity index (χ1n) is 8.15. The molecule has 2 N–H and O–H groups in total. The smallest absolute Gasteiger partial charge is 0.242 e. The number of rotatable bonds is 5. The lowest BCUT2D eigenvalue weighted by Gasteiger charge is -2.35. The molecule has 5 nitrogen and oxygen atoms in total. The third-order valence-corrected chi connectivity index (χ3v) is 5.49. The second kappa shape index (κ2) is 7.84. The Morgan fingerprint density at radius 3 is 2.91 bits per heavy atom. The van der Waals surface area contributed by atoms with Crippen LogP contribution in [0.25, 0.3) is 0 Å². The van der Waals surface area contributed by atoms with E-state index in [2.05, 4.69) is 39.8 Å². The van der Waals surface area contributed by atoms with Crippen LogP contribution in [-0.4, -0.2) is 53.4 Å². The molecule has 0 radical (unpaired) electrons. The van der Waals surface area contributed by atoms with Gasteiger partial charge in [0, 0.05) is 43.6 Å². The largest absolute Gasteiger partial charge is 0.353 e. The van der Waals surface area contributed by atoms with Crippen LogP contribution in [0.1, 0.15) is 18.4 Å². The summed E-state index contributed by atoms with van der Waals surface area (Å²) in [4.78, 5) is 25.8. The highest BCUT2D eigenvalue weighted by atomic mass is 32.2. The van der Waals surface area contributed by atoms with Crippen LogP contribution in [0, 0.1) is 0 Å². The summed E-state index contributed by atoms with van der Waals surface area (Å²) in [6.45, 7) is 2.60. The summed E-state index contributed by atoms with van der Waals surface area (Å²) in [7, 11) is 0. The first kappa shape index (κ1) is 16.3. The Labute approximate surface area is 141 Å². The Hall–Kier alpha value is -1.53. The molecule has 0 unspecified atom stereocenters. The van der Waals surface area contributed by atoms with Crippen LogP contribution in [0.2, 0.25) is 0 Å². The highest BCUT2D eigenvalue weighted by Gasteiger charge is 2.29. The van der Waals surface area contributed by atoms with Crippen molar-refractivity contribution in [3.63, 3.8) is 0 Å². The van der Waals surface area contributed by atoms with E-state index in [0.29, 0.717) is 25.4 Å². The maximum atomic E-state index is 12.1. The lowest BCUT2D eigenvalue weighted by Crippen LogP contribution is -2.51. The molecule has 2 fully saturated rings. The number of nitrogens with one attached hydrogen (secondary N) is 2. The van der Waals surface area contributed by atoms with E-state index in [4.69, 9.17) is 0 Å². The van der Waals surface area contributed by atoms with E-state index in [1.54, 1.807) is 0 Å². The summed E-state index contributed by atoms with van der Waals surface area (Å²) in [5, 5.41) is 5.74. The molecule has 0 aromatic heterocycles. The molecule has 23 heavy (non-hydrogen) atoms. The number of hydrogen-bond donors (Lipinski definition) is 2. The number of carbonyl (C=O) groups is 2. The lowest BCUT2D eigenvalue weighted by molar-refractivity contribution is -0.125.